The number of aliphatic hydroxyl groups excluding tert-OH is 1. The smallest absolute Gasteiger partial charge is 0.325 e. The number of nitrogens with zero attached hydrogens (tertiary/aromatic N) is 1. The van der Waals surface area contributed by atoms with Crippen LogP contribution in [-0.4, -0.2) is 35.8 Å². The van der Waals surface area contributed by atoms with E-state index >= 15 is 0 Å². The van der Waals surface area contributed by atoms with Crippen LogP contribution in [0.3, 0.4) is 0 Å². The maximum Gasteiger partial charge on any atom is 0.325 e. The first-order valence-electron chi connectivity index (χ1n) is 11.8. The number of carbonyl (C=O) groups excluding carboxylic acids is 1. The molecule has 162 valence electrons. The van der Waals surface area contributed by atoms with Gasteiger partial charge in [-0.1, -0.05) is 90.9 Å². The summed E-state index contributed by atoms with van der Waals surface area (Å²) < 4.78 is 0. The predicted octanol–water partition coefficient (Wildman–Crippen LogP) is 6.41. The van der Waals surface area contributed by atoms with Gasteiger partial charge in [0.1, 0.15) is 0 Å². The molecular formula is C23H47NO3. The van der Waals surface area contributed by atoms with Gasteiger partial charge >= 0.3 is 5.97 Å². The second-order valence-corrected chi connectivity index (χ2v) is 7.82. The van der Waals surface area contributed by atoms with Gasteiger partial charge in [0, 0.05) is 26.1 Å². The van der Waals surface area contributed by atoms with Crippen LogP contribution in [0.15, 0.2) is 0 Å². The molecule has 27 heavy (non-hydrogen) atoms. The maximum atomic E-state index is 12.2. The van der Waals surface area contributed by atoms with Crippen LogP contribution in [0.4, 0.5) is 0 Å². The van der Waals surface area contributed by atoms with E-state index in [1.165, 1.54) is 64.2 Å². The number of carbonyl (C=O) groups is 1. The minimum atomic E-state index is -0.0562. The Labute approximate surface area is 169 Å². The van der Waals surface area contributed by atoms with Crippen molar-refractivity contribution in [1.29, 1.82) is 0 Å². The molecule has 0 heterocycles. The highest BCUT2D eigenvalue weighted by molar-refractivity contribution is 5.68. The van der Waals surface area contributed by atoms with Gasteiger partial charge in [-0.2, -0.15) is 0 Å². The molecule has 0 saturated carbocycles. The fourth-order valence-electron chi connectivity index (χ4n) is 3.26. The second-order valence-electron chi connectivity index (χ2n) is 7.82. The zero-order chi connectivity index (χ0) is 20.0. The molecule has 0 aliphatic heterocycles. The minimum Gasteiger partial charge on any atom is -0.396 e. The Morgan fingerprint density at radius 2 is 1.11 bits per heavy atom. The Morgan fingerprint density at radius 3 is 1.67 bits per heavy atom. The SMILES string of the molecule is CCCCCCCN(CCCCCC)OC(=O)CCCCCCCCCO. The van der Waals surface area contributed by atoms with Crippen LogP contribution in [-0.2, 0) is 9.63 Å². The van der Waals surface area contributed by atoms with Crippen LogP contribution in [0.1, 0.15) is 123 Å². The minimum absolute atomic E-state index is 0.0562. The highest BCUT2D eigenvalue weighted by Crippen LogP contribution is 2.11. The summed E-state index contributed by atoms with van der Waals surface area (Å²) in [6, 6.07) is 0. The van der Waals surface area contributed by atoms with E-state index in [0.29, 0.717) is 13.0 Å². The molecule has 0 aromatic rings. The molecule has 0 unspecified atom stereocenters. The zero-order valence-corrected chi connectivity index (χ0v) is 18.4. The summed E-state index contributed by atoms with van der Waals surface area (Å²) in [6.45, 7) is 6.52. The van der Waals surface area contributed by atoms with Crippen molar-refractivity contribution in [2.75, 3.05) is 19.7 Å². The van der Waals surface area contributed by atoms with E-state index in [9.17, 15) is 4.79 Å². The summed E-state index contributed by atoms with van der Waals surface area (Å²) in [5.41, 5.74) is 0. The van der Waals surface area contributed by atoms with E-state index in [1.807, 2.05) is 5.06 Å². The molecule has 4 heteroatoms. The Kier molecular flexibility index (Phi) is 21.2. The Bertz CT molecular complexity index is 310. The fourth-order valence-corrected chi connectivity index (χ4v) is 3.26. The largest absolute Gasteiger partial charge is 0.396 e. The third kappa shape index (κ3) is 19.9. The molecule has 0 aromatic heterocycles. The van der Waals surface area contributed by atoms with Gasteiger partial charge in [-0.3, -0.25) is 4.79 Å². The summed E-state index contributed by atoms with van der Waals surface area (Å²) >= 11 is 0. The molecule has 0 radical (unpaired) electrons. The molecule has 1 N–H and O–H groups in total. The number of hydrogen-bond donors (Lipinski definition) is 1. The number of unbranched alkanes of at least 4 members (excludes halogenated alkanes) is 13. The molecule has 0 aliphatic carbocycles. The molecule has 0 saturated heterocycles. The molecular weight excluding hydrogens is 338 g/mol. The van der Waals surface area contributed by atoms with Crippen LogP contribution in [0, 0.1) is 0 Å². The molecule has 0 rings (SSSR count). The standard InChI is InChI=1S/C23H47NO3/c1-3-5-7-13-17-21-24(20-16-8-6-4-2)27-23(26)19-15-12-10-9-11-14-18-22-25/h25H,3-22H2,1-2H3. The van der Waals surface area contributed by atoms with E-state index < -0.39 is 0 Å². The van der Waals surface area contributed by atoms with Crippen molar-refractivity contribution in [3.63, 3.8) is 0 Å². The second kappa shape index (κ2) is 21.7. The molecule has 0 spiro atoms. The molecule has 0 aromatic carbocycles. The van der Waals surface area contributed by atoms with Crippen molar-refractivity contribution in [1.82, 2.24) is 5.06 Å². The normalized spacial score (nSPS) is 11.3. The zero-order valence-electron chi connectivity index (χ0n) is 18.4. The summed E-state index contributed by atoms with van der Waals surface area (Å²) in [6.07, 6.45) is 19.2. The summed E-state index contributed by atoms with van der Waals surface area (Å²) in [4.78, 5) is 17.8. The topological polar surface area (TPSA) is 49.8 Å². The first-order valence-corrected chi connectivity index (χ1v) is 11.8. The van der Waals surface area contributed by atoms with Gasteiger partial charge in [-0.05, 0) is 25.7 Å². The third-order valence-electron chi connectivity index (χ3n) is 5.04. The van der Waals surface area contributed by atoms with Crippen LogP contribution < -0.4 is 0 Å². The number of hydrogen-bond acceptors (Lipinski definition) is 4. The summed E-state index contributed by atoms with van der Waals surface area (Å²) in [5.74, 6) is -0.0562. The lowest BCUT2D eigenvalue weighted by Crippen LogP contribution is -2.29. The van der Waals surface area contributed by atoms with Crippen molar-refractivity contribution < 1.29 is 14.7 Å². The van der Waals surface area contributed by atoms with Gasteiger partial charge in [-0.15, -0.1) is 5.06 Å². The van der Waals surface area contributed by atoms with Gasteiger partial charge in [0.15, 0.2) is 0 Å². The Morgan fingerprint density at radius 1 is 0.667 bits per heavy atom. The first kappa shape index (κ1) is 26.4. The average molecular weight is 386 g/mol. The Balaban J connectivity index is 3.87. The van der Waals surface area contributed by atoms with Crippen LogP contribution in [0.5, 0.6) is 0 Å². The number of rotatable bonds is 21. The van der Waals surface area contributed by atoms with Crippen molar-refractivity contribution in [2.24, 2.45) is 0 Å². The fraction of sp³-hybridized carbons (Fsp3) is 0.957. The molecule has 0 fully saturated rings. The third-order valence-corrected chi connectivity index (χ3v) is 5.04. The van der Waals surface area contributed by atoms with Crippen molar-refractivity contribution >= 4 is 5.97 Å². The highest BCUT2D eigenvalue weighted by atomic mass is 16.7. The number of aliphatic hydroxyl groups is 1. The van der Waals surface area contributed by atoms with Gasteiger partial charge in [0.2, 0.25) is 0 Å². The summed E-state index contributed by atoms with van der Waals surface area (Å²) in [7, 11) is 0. The van der Waals surface area contributed by atoms with E-state index in [4.69, 9.17) is 9.94 Å². The Hall–Kier alpha value is -0.610. The molecule has 0 amide bonds. The predicted molar refractivity (Wildman–Crippen MR) is 115 cm³/mol. The lowest BCUT2D eigenvalue weighted by molar-refractivity contribution is -0.191. The molecule has 0 atom stereocenters. The first-order chi connectivity index (χ1) is 13.2. The lowest BCUT2D eigenvalue weighted by Gasteiger charge is -2.21. The quantitative estimate of drug-likeness (QED) is 0.183. The van der Waals surface area contributed by atoms with E-state index in [1.54, 1.807) is 0 Å². The van der Waals surface area contributed by atoms with Gasteiger partial charge in [-0.25, -0.2) is 0 Å². The maximum absolute atomic E-state index is 12.2. The van der Waals surface area contributed by atoms with Crippen molar-refractivity contribution in [3.05, 3.63) is 0 Å². The molecule has 0 aliphatic rings. The van der Waals surface area contributed by atoms with Crippen LogP contribution in [0.2, 0.25) is 0 Å². The van der Waals surface area contributed by atoms with Gasteiger partial charge in [0.25, 0.3) is 0 Å². The van der Waals surface area contributed by atoms with Crippen molar-refractivity contribution in [3.8, 4) is 0 Å². The summed E-state index contributed by atoms with van der Waals surface area (Å²) in [5, 5.41) is 10.7. The number of hydroxylamine groups is 2. The van der Waals surface area contributed by atoms with Crippen LogP contribution >= 0.6 is 0 Å². The van der Waals surface area contributed by atoms with E-state index in [0.717, 1.165) is 51.6 Å². The lowest BCUT2D eigenvalue weighted by atomic mass is 10.1. The van der Waals surface area contributed by atoms with Crippen molar-refractivity contribution in [2.45, 2.75) is 123 Å². The van der Waals surface area contributed by atoms with Crippen LogP contribution in [0.25, 0.3) is 0 Å². The highest BCUT2D eigenvalue weighted by Gasteiger charge is 2.11. The van der Waals surface area contributed by atoms with E-state index in [2.05, 4.69) is 13.8 Å². The van der Waals surface area contributed by atoms with Gasteiger partial charge < -0.3 is 9.94 Å². The van der Waals surface area contributed by atoms with E-state index in [-0.39, 0.29) is 5.97 Å². The molecule has 0 bridgehead atoms. The molecule has 4 nitrogen and oxygen atoms in total. The average Bonchev–Trinajstić information content (AvgIpc) is 2.66. The van der Waals surface area contributed by atoms with Gasteiger partial charge in [0.05, 0.1) is 0 Å². The monoisotopic (exact) mass is 385 g/mol.